The molecule has 1 amide bonds. The maximum absolute atomic E-state index is 12.7. The van der Waals surface area contributed by atoms with E-state index in [2.05, 4.69) is 15.4 Å². The Labute approximate surface area is 184 Å². The van der Waals surface area contributed by atoms with Crippen molar-refractivity contribution in [2.75, 3.05) is 6.61 Å². The van der Waals surface area contributed by atoms with E-state index in [1.807, 2.05) is 0 Å². The SMILES string of the molecule is CC(=O)NCc1ccc(C(=O)COC(=O)c2cnn(-c3ccc(C(F)(F)F)cn3)c2C)s1. The molecular weight excluding hydrogens is 449 g/mol. The van der Waals surface area contributed by atoms with Gasteiger partial charge < -0.3 is 10.1 Å². The maximum atomic E-state index is 12.7. The van der Waals surface area contributed by atoms with Crippen LogP contribution >= 0.6 is 11.3 Å². The average Bonchev–Trinajstić information content (AvgIpc) is 3.36. The van der Waals surface area contributed by atoms with Gasteiger partial charge in [0.25, 0.3) is 0 Å². The van der Waals surface area contributed by atoms with Crippen LogP contribution < -0.4 is 5.32 Å². The second kappa shape index (κ2) is 9.30. The average molecular weight is 466 g/mol. The Morgan fingerprint density at radius 3 is 2.53 bits per heavy atom. The lowest BCUT2D eigenvalue weighted by atomic mass is 10.2. The third-order valence-corrected chi connectivity index (χ3v) is 5.43. The van der Waals surface area contributed by atoms with Gasteiger partial charge in [0.05, 0.1) is 28.9 Å². The van der Waals surface area contributed by atoms with Gasteiger partial charge in [-0.05, 0) is 31.2 Å². The summed E-state index contributed by atoms with van der Waals surface area (Å²) in [7, 11) is 0. The second-order valence-electron chi connectivity index (χ2n) is 6.63. The first-order valence-electron chi connectivity index (χ1n) is 9.18. The summed E-state index contributed by atoms with van der Waals surface area (Å²) in [5.41, 5.74) is -0.557. The Hall–Kier alpha value is -3.54. The zero-order chi connectivity index (χ0) is 23.5. The van der Waals surface area contributed by atoms with Crippen LogP contribution in [0.5, 0.6) is 0 Å². The summed E-state index contributed by atoms with van der Waals surface area (Å²) in [5.74, 6) is -1.31. The fourth-order valence-electron chi connectivity index (χ4n) is 2.63. The molecule has 0 aliphatic rings. The minimum absolute atomic E-state index is 0.0528. The number of amides is 1. The molecule has 3 heterocycles. The number of carbonyl (C=O) groups is 3. The van der Waals surface area contributed by atoms with E-state index in [-0.39, 0.29) is 17.3 Å². The Bertz CT molecular complexity index is 1150. The number of ketones is 1. The lowest BCUT2D eigenvalue weighted by Crippen LogP contribution is -2.18. The molecule has 0 aliphatic heterocycles. The van der Waals surface area contributed by atoms with E-state index >= 15 is 0 Å². The highest BCUT2D eigenvalue weighted by Gasteiger charge is 2.31. The van der Waals surface area contributed by atoms with Gasteiger partial charge in [0.15, 0.2) is 12.4 Å². The van der Waals surface area contributed by atoms with Crippen molar-refractivity contribution >= 4 is 29.0 Å². The minimum Gasteiger partial charge on any atom is -0.454 e. The number of hydrogen-bond donors (Lipinski definition) is 1. The third kappa shape index (κ3) is 5.38. The molecule has 0 saturated heterocycles. The first kappa shape index (κ1) is 23.1. The molecule has 12 heteroatoms. The number of ether oxygens (including phenoxy) is 1. The predicted octanol–water partition coefficient (Wildman–Crippen LogP) is 3.33. The summed E-state index contributed by atoms with van der Waals surface area (Å²) in [6.07, 6.45) is -2.65. The van der Waals surface area contributed by atoms with Crippen LogP contribution in [0.3, 0.4) is 0 Å². The van der Waals surface area contributed by atoms with Crippen molar-refractivity contribution in [2.45, 2.75) is 26.6 Å². The molecule has 0 radical (unpaired) electrons. The topological polar surface area (TPSA) is 103 Å². The highest BCUT2D eigenvalue weighted by atomic mass is 32.1. The normalized spacial score (nSPS) is 11.3. The van der Waals surface area contributed by atoms with Crippen LogP contribution in [0, 0.1) is 6.92 Å². The smallest absolute Gasteiger partial charge is 0.417 e. The highest BCUT2D eigenvalue weighted by molar-refractivity contribution is 7.14. The molecule has 0 spiro atoms. The first-order valence-corrected chi connectivity index (χ1v) is 9.99. The van der Waals surface area contributed by atoms with Gasteiger partial charge in [-0.25, -0.2) is 14.5 Å². The number of aromatic nitrogens is 3. The van der Waals surface area contributed by atoms with Crippen LogP contribution in [0.2, 0.25) is 0 Å². The number of nitrogens with one attached hydrogen (secondary N) is 1. The van der Waals surface area contributed by atoms with Gasteiger partial charge in [-0.15, -0.1) is 11.3 Å². The Morgan fingerprint density at radius 2 is 1.91 bits per heavy atom. The Balaban J connectivity index is 1.63. The van der Waals surface area contributed by atoms with Gasteiger partial charge in [0.1, 0.15) is 5.56 Å². The second-order valence-corrected chi connectivity index (χ2v) is 7.80. The van der Waals surface area contributed by atoms with Crippen LogP contribution in [0.25, 0.3) is 5.82 Å². The molecule has 3 aromatic heterocycles. The van der Waals surface area contributed by atoms with E-state index in [0.29, 0.717) is 23.3 Å². The quantitative estimate of drug-likeness (QED) is 0.423. The number of alkyl halides is 3. The number of nitrogens with zero attached hydrogens (tertiary/aromatic N) is 3. The summed E-state index contributed by atoms with van der Waals surface area (Å²) in [6.45, 7) is 2.71. The molecule has 0 saturated carbocycles. The Kier molecular flexibility index (Phi) is 6.72. The molecule has 0 fully saturated rings. The van der Waals surface area contributed by atoms with E-state index in [4.69, 9.17) is 4.74 Å². The van der Waals surface area contributed by atoms with Gasteiger partial charge in [-0.2, -0.15) is 18.3 Å². The third-order valence-electron chi connectivity index (χ3n) is 4.30. The van der Waals surface area contributed by atoms with Crippen molar-refractivity contribution in [1.29, 1.82) is 0 Å². The van der Waals surface area contributed by atoms with Gasteiger partial charge in [-0.3, -0.25) is 9.59 Å². The van der Waals surface area contributed by atoms with Crippen molar-refractivity contribution in [3.63, 3.8) is 0 Å². The molecule has 1 N–H and O–H groups in total. The van der Waals surface area contributed by atoms with Gasteiger partial charge in [-0.1, -0.05) is 0 Å². The summed E-state index contributed by atoms with van der Waals surface area (Å²) in [6, 6.07) is 5.27. The van der Waals surface area contributed by atoms with Gasteiger partial charge in [0.2, 0.25) is 11.7 Å². The monoisotopic (exact) mass is 466 g/mol. The number of hydrogen-bond acceptors (Lipinski definition) is 7. The number of Topliss-reactive ketones (excluding diaryl/α,β-unsaturated/α-hetero) is 1. The van der Waals surface area contributed by atoms with E-state index in [9.17, 15) is 27.6 Å². The molecule has 0 aliphatic carbocycles. The zero-order valence-electron chi connectivity index (χ0n) is 16.9. The molecule has 0 atom stereocenters. The molecule has 8 nitrogen and oxygen atoms in total. The molecule has 3 rings (SSSR count). The van der Waals surface area contributed by atoms with E-state index in [0.717, 1.165) is 17.0 Å². The summed E-state index contributed by atoms with van der Waals surface area (Å²) >= 11 is 1.18. The fourth-order valence-corrected chi connectivity index (χ4v) is 3.51. The van der Waals surface area contributed by atoms with Crippen molar-refractivity contribution in [3.05, 3.63) is 63.2 Å². The lowest BCUT2D eigenvalue weighted by molar-refractivity contribution is -0.137. The van der Waals surface area contributed by atoms with Crippen LogP contribution in [-0.4, -0.2) is 39.0 Å². The number of thiophene rings is 1. The Morgan fingerprint density at radius 1 is 1.16 bits per heavy atom. The van der Waals surface area contributed by atoms with Crippen molar-refractivity contribution in [2.24, 2.45) is 0 Å². The number of esters is 1. The van der Waals surface area contributed by atoms with Crippen molar-refractivity contribution in [3.8, 4) is 5.82 Å². The molecule has 0 unspecified atom stereocenters. The number of halogens is 3. The zero-order valence-corrected chi connectivity index (χ0v) is 17.7. The molecule has 0 bridgehead atoms. The van der Waals surface area contributed by atoms with E-state index < -0.39 is 30.1 Å². The summed E-state index contributed by atoms with van der Waals surface area (Å²) < 4.78 is 44.3. The lowest BCUT2D eigenvalue weighted by Gasteiger charge is -2.08. The van der Waals surface area contributed by atoms with E-state index in [1.165, 1.54) is 36.1 Å². The van der Waals surface area contributed by atoms with Gasteiger partial charge >= 0.3 is 12.1 Å². The van der Waals surface area contributed by atoms with Crippen LogP contribution in [-0.2, 0) is 22.3 Å². The summed E-state index contributed by atoms with van der Waals surface area (Å²) in [4.78, 5) is 40.5. The highest BCUT2D eigenvalue weighted by Crippen LogP contribution is 2.29. The van der Waals surface area contributed by atoms with Crippen molar-refractivity contribution < 1.29 is 32.3 Å². The molecule has 168 valence electrons. The molecule has 32 heavy (non-hydrogen) atoms. The van der Waals surface area contributed by atoms with E-state index in [1.54, 1.807) is 12.1 Å². The molecule has 3 aromatic rings. The number of carbonyl (C=O) groups excluding carboxylic acids is 3. The first-order chi connectivity index (χ1) is 15.1. The van der Waals surface area contributed by atoms with Gasteiger partial charge in [0, 0.05) is 18.0 Å². The van der Waals surface area contributed by atoms with Crippen LogP contribution in [0.15, 0.2) is 36.7 Å². The van der Waals surface area contributed by atoms with Crippen LogP contribution in [0.1, 0.15) is 43.1 Å². The minimum atomic E-state index is -4.51. The maximum Gasteiger partial charge on any atom is 0.417 e. The number of rotatable bonds is 7. The summed E-state index contributed by atoms with van der Waals surface area (Å²) in [5, 5.41) is 6.60. The predicted molar refractivity (Wildman–Crippen MR) is 108 cm³/mol. The molecular formula is C20H17F3N4O4S. The molecule has 0 aromatic carbocycles. The fraction of sp³-hybridized carbons (Fsp3) is 0.250. The largest absolute Gasteiger partial charge is 0.454 e. The van der Waals surface area contributed by atoms with Crippen molar-refractivity contribution in [1.82, 2.24) is 20.1 Å². The number of pyridine rings is 1. The van der Waals surface area contributed by atoms with Crippen LogP contribution in [0.4, 0.5) is 13.2 Å². The standard InChI is InChI=1S/C20H17F3N4O4S/c1-11-15(9-26-27(11)18-6-3-13(7-25-18)20(21,22)23)19(30)31-10-16(29)17-5-4-14(32-17)8-24-12(2)28/h3-7,9H,8,10H2,1-2H3,(H,24,28).